The summed E-state index contributed by atoms with van der Waals surface area (Å²) in [5, 5.41) is 20.8. The monoisotopic (exact) mass is 445 g/mol. The highest BCUT2D eigenvalue weighted by Gasteiger charge is 2.43. The van der Waals surface area contributed by atoms with Crippen molar-refractivity contribution in [1.82, 2.24) is 4.90 Å². The largest absolute Gasteiger partial charge is 0.504 e. The maximum absolute atomic E-state index is 13.2. The van der Waals surface area contributed by atoms with Crippen molar-refractivity contribution in [2.75, 3.05) is 6.61 Å². The number of hydrogen-bond donors (Lipinski definition) is 2. The molecule has 2 heterocycles. The van der Waals surface area contributed by atoms with Gasteiger partial charge in [0.1, 0.15) is 5.76 Å². The Hall–Kier alpha value is -4.26. The molecule has 2 aromatic carbocycles. The lowest BCUT2D eigenvalue weighted by atomic mass is 9.95. The molecule has 7 heteroatoms. The Balaban J connectivity index is 1.75. The molecule has 7 nitrogen and oxygen atoms in total. The number of ether oxygens (including phenoxy) is 1. The second kappa shape index (κ2) is 9.48. The third-order valence-corrected chi connectivity index (χ3v) is 5.30. The van der Waals surface area contributed by atoms with Gasteiger partial charge in [0.25, 0.3) is 5.91 Å². The molecule has 1 aliphatic rings. The predicted molar refractivity (Wildman–Crippen MR) is 121 cm³/mol. The third-order valence-electron chi connectivity index (χ3n) is 5.30. The van der Waals surface area contributed by atoms with Gasteiger partial charge in [0.2, 0.25) is 0 Å². The van der Waals surface area contributed by atoms with Gasteiger partial charge in [0, 0.05) is 0 Å². The number of amides is 1. The first kappa shape index (κ1) is 22.0. The van der Waals surface area contributed by atoms with Crippen molar-refractivity contribution in [3.8, 4) is 11.5 Å². The Bertz CT molecular complexity index is 1210. The number of nitrogens with zero attached hydrogens (tertiary/aromatic N) is 1. The van der Waals surface area contributed by atoms with Crippen LogP contribution in [-0.4, -0.2) is 33.4 Å². The SMILES string of the molecule is CCOc1cc(C2C(C(=O)C=Cc3ccccc3)=C(O)C(=O)N2Cc2ccco2)ccc1O. The molecule has 1 unspecified atom stereocenters. The van der Waals surface area contributed by atoms with Crippen molar-refractivity contribution in [3.63, 3.8) is 0 Å². The predicted octanol–water partition coefficient (Wildman–Crippen LogP) is 4.56. The van der Waals surface area contributed by atoms with Gasteiger partial charge < -0.3 is 24.3 Å². The number of phenolic OH excluding ortho intramolecular Hbond substituents is 1. The van der Waals surface area contributed by atoms with Gasteiger partial charge in [-0.25, -0.2) is 0 Å². The van der Waals surface area contributed by atoms with Crippen molar-refractivity contribution >= 4 is 17.8 Å². The normalized spacial score (nSPS) is 16.1. The first-order valence-electron chi connectivity index (χ1n) is 10.5. The number of aliphatic hydroxyl groups excluding tert-OH is 1. The Kier molecular flexibility index (Phi) is 6.31. The van der Waals surface area contributed by atoms with Crippen molar-refractivity contribution < 1.29 is 29.0 Å². The molecular formula is C26H23NO6. The number of carbonyl (C=O) groups excluding carboxylic acids is 2. The van der Waals surface area contributed by atoms with E-state index in [-0.39, 0.29) is 23.6 Å². The zero-order chi connectivity index (χ0) is 23.4. The molecular weight excluding hydrogens is 422 g/mol. The second-order valence-corrected chi connectivity index (χ2v) is 7.45. The summed E-state index contributed by atoms with van der Waals surface area (Å²) in [5.41, 5.74) is 1.27. The minimum atomic E-state index is -0.893. The van der Waals surface area contributed by atoms with E-state index in [1.807, 2.05) is 30.3 Å². The average molecular weight is 445 g/mol. The number of hydrogen-bond acceptors (Lipinski definition) is 6. The number of allylic oxidation sites excluding steroid dienone is 1. The minimum Gasteiger partial charge on any atom is -0.504 e. The summed E-state index contributed by atoms with van der Waals surface area (Å²) in [6, 6.07) is 16.4. The molecule has 0 spiro atoms. The zero-order valence-electron chi connectivity index (χ0n) is 18.0. The van der Waals surface area contributed by atoms with Gasteiger partial charge in [-0.3, -0.25) is 9.59 Å². The first-order valence-corrected chi connectivity index (χ1v) is 10.5. The maximum Gasteiger partial charge on any atom is 0.290 e. The fourth-order valence-electron chi connectivity index (χ4n) is 3.78. The van der Waals surface area contributed by atoms with Crippen molar-refractivity contribution in [2.24, 2.45) is 0 Å². The van der Waals surface area contributed by atoms with Crippen LogP contribution in [0.4, 0.5) is 0 Å². The highest BCUT2D eigenvalue weighted by atomic mass is 16.5. The molecule has 1 atom stereocenters. The first-order chi connectivity index (χ1) is 16.0. The van der Waals surface area contributed by atoms with Gasteiger partial charge in [-0.1, -0.05) is 42.5 Å². The van der Waals surface area contributed by atoms with Gasteiger partial charge in [-0.15, -0.1) is 0 Å². The summed E-state index contributed by atoms with van der Waals surface area (Å²) in [6.07, 6.45) is 4.45. The smallest absolute Gasteiger partial charge is 0.290 e. The van der Waals surface area contributed by atoms with Crippen LogP contribution >= 0.6 is 0 Å². The molecule has 2 N–H and O–H groups in total. The Labute approximate surface area is 190 Å². The highest BCUT2D eigenvalue weighted by molar-refractivity contribution is 6.14. The van der Waals surface area contributed by atoms with Crippen molar-refractivity contribution in [2.45, 2.75) is 19.5 Å². The van der Waals surface area contributed by atoms with E-state index in [0.29, 0.717) is 17.9 Å². The fraction of sp³-hybridized carbons (Fsp3) is 0.154. The van der Waals surface area contributed by atoms with E-state index >= 15 is 0 Å². The van der Waals surface area contributed by atoms with Crippen LogP contribution in [0, 0.1) is 0 Å². The van der Waals surface area contributed by atoms with E-state index in [1.165, 1.54) is 23.3 Å². The summed E-state index contributed by atoms with van der Waals surface area (Å²) < 4.78 is 10.9. The van der Waals surface area contributed by atoms with Crippen LogP contribution in [0.1, 0.15) is 29.9 Å². The number of benzene rings is 2. The lowest BCUT2D eigenvalue weighted by Crippen LogP contribution is -2.30. The summed E-state index contributed by atoms with van der Waals surface area (Å²) in [4.78, 5) is 27.6. The van der Waals surface area contributed by atoms with Gasteiger partial charge in [-0.2, -0.15) is 0 Å². The molecule has 0 bridgehead atoms. The zero-order valence-corrected chi connectivity index (χ0v) is 18.0. The molecule has 0 saturated carbocycles. The lowest BCUT2D eigenvalue weighted by Gasteiger charge is -2.26. The van der Waals surface area contributed by atoms with Gasteiger partial charge in [0.05, 0.1) is 31.0 Å². The molecule has 4 rings (SSSR count). The summed E-state index contributed by atoms with van der Waals surface area (Å²) in [6.45, 7) is 2.15. The number of furan rings is 1. The molecule has 1 aliphatic heterocycles. The van der Waals surface area contributed by atoms with E-state index in [1.54, 1.807) is 37.3 Å². The topological polar surface area (TPSA) is 100 Å². The molecule has 0 aliphatic carbocycles. The summed E-state index contributed by atoms with van der Waals surface area (Å²) in [7, 11) is 0. The molecule has 1 aromatic heterocycles. The molecule has 0 fully saturated rings. The van der Waals surface area contributed by atoms with E-state index in [9.17, 15) is 19.8 Å². The van der Waals surface area contributed by atoms with Gasteiger partial charge in [-0.05, 0) is 48.4 Å². The molecule has 0 saturated heterocycles. The van der Waals surface area contributed by atoms with Crippen LogP contribution in [0.3, 0.4) is 0 Å². The number of aliphatic hydroxyl groups is 1. The quantitative estimate of drug-likeness (QED) is 0.493. The van der Waals surface area contributed by atoms with Gasteiger partial charge >= 0.3 is 0 Å². The number of rotatable bonds is 8. The van der Waals surface area contributed by atoms with Crippen molar-refractivity contribution in [1.29, 1.82) is 0 Å². The lowest BCUT2D eigenvalue weighted by molar-refractivity contribution is -0.130. The number of carbonyl (C=O) groups is 2. The van der Waals surface area contributed by atoms with E-state index in [4.69, 9.17) is 9.15 Å². The van der Waals surface area contributed by atoms with Crippen LogP contribution in [0.25, 0.3) is 6.08 Å². The minimum absolute atomic E-state index is 0.0462. The van der Waals surface area contributed by atoms with Crippen molar-refractivity contribution in [3.05, 3.63) is 101 Å². The average Bonchev–Trinajstić information content (AvgIpc) is 3.42. The fourth-order valence-corrected chi connectivity index (χ4v) is 3.78. The third kappa shape index (κ3) is 4.52. The Morgan fingerprint density at radius 1 is 1.12 bits per heavy atom. The van der Waals surface area contributed by atoms with Crippen LogP contribution in [0.15, 0.2) is 88.8 Å². The Morgan fingerprint density at radius 3 is 2.61 bits per heavy atom. The molecule has 168 valence electrons. The molecule has 1 amide bonds. The molecule has 0 radical (unpaired) electrons. The molecule has 3 aromatic rings. The van der Waals surface area contributed by atoms with E-state index < -0.39 is 23.5 Å². The number of aromatic hydroxyl groups is 1. The van der Waals surface area contributed by atoms with E-state index in [0.717, 1.165) is 5.56 Å². The second-order valence-electron chi connectivity index (χ2n) is 7.45. The maximum atomic E-state index is 13.2. The summed E-state index contributed by atoms with van der Waals surface area (Å²) in [5.74, 6) is -1.13. The van der Waals surface area contributed by atoms with E-state index in [2.05, 4.69) is 0 Å². The molecule has 33 heavy (non-hydrogen) atoms. The number of ketones is 1. The highest BCUT2D eigenvalue weighted by Crippen LogP contribution is 2.41. The van der Waals surface area contributed by atoms with Crippen LogP contribution in [-0.2, 0) is 16.1 Å². The standard InChI is InChI=1S/C26H23NO6/c1-2-32-22-15-18(11-13-20(22)28)24-23(21(29)12-10-17-7-4-3-5-8-17)25(30)26(31)27(24)16-19-9-6-14-33-19/h3-15,24,28,30H,2,16H2,1H3. The van der Waals surface area contributed by atoms with Crippen LogP contribution in [0.5, 0.6) is 11.5 Å². The summed E-state index contributed by atoms with van der Waals surface area (Å²) >= 11 is 0. The number of phenols is 1. The van der Waals surface area contributed by atoms with Crippen LogP contribution in [0.2, 0.25) is 0 Å². The Morgan fingerprint density at radius 2 is 1.91 bits per heavy atom. The van der Waals surface area contributed by atoms with Crippen LogP contribution < -0.4 is 4.74 Å². The van der Waals surface area contributed by atoms with Gasteiger partial charge in [0.15, 0.2) is 23.0 Å².